The second-order valence-electron chi connectivity index (χ2n) is 4.64. The van der Waals surface area contributed by atoms with Gasteiger partial charge in [0.2, 0.25) is 0 Å². The summed E-state index contributed by atoms with van der Waals surface area (Å²) in [6, 6.07) is 11.8. The van der Waals surface area contributed by atoms with Gasteiger partial charge in [0.15, 0.2) is 11.5 Å². The highest BCUT2D eigenvalue weighted by Crippen LogP contribution is 2.35. The van der Waals surface area contributed by atoms with Gasteiger partial charge in [0.05, 0.1) is 20.3 Å². The van der Waals surface area contributed by atoms with Crippen LogP contribution in [-0.2, 0) is 6.42 Å². The minimum atomic E-state index is -0.263. The quantitative estimate of drug-likeness (QED) is 0.634. The minimum Gasteiger partial charge on any atom is -0.493 e. The maximum Gasteiger partial charge on any atom is 0.165 e. The molecule has 0 aliphatic heterocycles. The standard InChI is InChI=1S/C16H19FN2O2/c1-20-15-8-4-7-13(16(15)21-2)14(19-18)10-11-5-3-6-12(17)9-11/h3-9,14,19H,10,18H2,1-2H3. The number of nitrogens with two attached hydrogens (primary N) is 1. The van der Waals surface area contributed by atoms with Crippen LogP contribution >= 0.6 is 0 Å². The van der Waals surface area contributed by atoms with E-state index in [2.05, 4.69) is 5.43 Å². The molecule has 2 aromatic carbocycles. The van der Waals surface area contributed by atoms with Gasteiger partial charge in [0.25, 0.3) is 0 Å². The van der Waals surface area contributed by atoms with E-state index in [1.54, 1.807) is 20.3 Å². The van der Waals surface area contributed by atoms with Crippen molar-refractivity contribution in [2.24, 2.45) is 5.84 Å². The first-order valence-electron chi connectivity index (χ1n) is 6.61. The SMILES string of the molecule is COc1cccc(C(Cc2cccc(F)c2)NN)c1OC. The molecule has 2 aromatic rings. The summed E-state index contributed by atoms with van der Waals surface area (Å²) in [5.74, 6) is 6.66. The lowest BCUT2D eigenvalue weighted by Gasteiger charge is -2.20. The molecule has 0 radical (unpaired) electrons. The lowest BCUT2D eigenvalue weighted by atomic mass is 9.98. The average Bonchev–Trinajstić information content (AvgIpc) is 2.51. The normalized spacial score (nSPS) is 12.0. The van der Waals surface area contributed by atoms with E-state index in [1.165, 1.54) is 12.1 Å². The molecule has 1 unspecified atom stereocenters. The number of rotatable bonds is 6. The number of nitrogens with one attached hydrogen (secondary N) is 1. The number of hydrazine groups is 1. The second kappa shape index (κ2) is 7.06. The number of ether oxygens (including phenoxy) is 2. The van der Waals surface area contributed by atoms with Crippen LogP contribution in [0.4, 0.5) is 4.39 Å². The Hall–Kier alpha value is -2.11. The number of halogens is 1. The largest absolute Gasteiger partial charge is 0.493 e. The van der Waals surface area contributed by atoms with E-state index < -0.39 is 0 Å². The number of hydrogen-bond acceptors (Lipinski definition) is 4. The van der Waals surface area contributed by atoms with Crippen LogP contribution in [-0.4, -0.2) is 14.2 Å². The van der Waals surface area contributed by atoms with Crippen LogP contribution in [0.3, 0.4) is 0 Å². The predicted molar refractivity (Wildman–Crippen MR) is 79.7 cm³/mol. The Kier molecular flexibility index (Phi) is 5.14. The Morgan fingerprint density at radius 3 is 2.52 bits per heavy atom. The molecule has 1 atom stereocenters. The fraction of sp³-hybridized carbons (Fsp3) is 0.250. The highest BCUT2D eigenvalue weighted by molar-refractivity contribution is 5.48. The van der Waals surface area contributed by atoms with Gasteiger partial charge in [-0.3, -0.25) is 11.3 Å². The smallest absolute Gasteiger partial charge is 0.165 e. The average molecular weight is 290 g/mol. The molecule has 0 aliphatic carbocycles. The van der Waals surface area contributed by atoms with E-state index in [1.807, 2.05) is 24.3 Å². The minimum absolute atomic E-state index is 0.211. The molecule has 21 heavy (non-hydrogen) atoms. The molecule has 0 saturated carbocycles. The van der Waals surface area contributed by atoms with Crippen LogP contribution in [0.25, 0.3) is 0 Å². The molecule has 0 bridgehead atoms. The molecule has 0 spiro atoms. The van der Waals surface area contributed by atoms with E-state index in [4.69, 9.17) is 15.3 Å². The number of para-hydroxylation sites is 1. The van der Waals surface area contributed by atoms with E-state index in [0.29, 0.717) is 17.9 Å². The molecule has 0 fully saturated rings. The van der Waals surface area contributed by atoms with Crippen molar-refractivity contribution in [1.82, 2.24) is 5.43 Å². The van der Waals surface area contributed by atoms with Crippen molar-refractivity contribution in [3.05, 3.63) is 59.4 Å². The fourth-order valence-corrected chi connectivity index (χ4v) is 2.34. The summed E-state index contributed by atoms with van der Waals surface area (Å²) >= 11 is 0. The van der Waals surface area contributed by atoms with Gasteiger partial charge >= 0.3 is 0 Å². The fourth-order valence-electron chi connectivity index (χ4n) is 2.34. The van der Waals surface area contributed by atoms with Crippen molar-refractivity contribution < 1.29 is 13.9 Å². The van der Waals surface area contributed by atoms with E-state index in [-0.39, 0.29) is 11.9 Å². The summed E-state index contributed by atoms with van der Waals surface area (Å²) in [6.45, 7) is 0. The highest BCUT2D eigenvalue weighted by atomic mass is 19.1. The zero-order valence-corrected chi connectivity index (χ0v) is 12.1. The van der Waals surface area contributed by atoms with Crippen LogP contribution in [0.5, 0.6) is 11.5 Å². The molecule has 0 heterocycles. The third-order valence-electron chi connectivity index (χ3n) is 3.34. The maximum atomic E-state index is 13.3. The van der Waals surface area contributed by atoms with Crippen molar-refractivity contribution in [3.63, 3.8) is 0 Å². The van der Waals surface area contributed by atoms with Gasteiger partial charge in [-0.25, -0.2) is 4.39 Å². The predicted octanol–water partition coefficient (Wildman–Crippen LogP) is 2.59. The zero-order chi connectivity index (χ0) is 15.2. The molecule has 112 valence electrons. The molecule has 0 aromatic heterocycles. The first-order chi connectivity index (χ1) is 10.2. The molecule has 3 N–H and O–H groups in total. The van der Waals surface area contributed by atoms with Crippen LogP contribution in [0.15, 0.2) is 42.5 Å². The van der Waals surface area contributed by atoms with Crippen molar-refractivity contribution in [3.8, 4) is 11.5 Å². The lowest BCUT2D eigenvalue weighted by molar-refractivity contribution is 0.346. The van der Waals surface area contributed by atoms with Crippen molar-refractivity contribution >= 4 is 0 Å². The van der Waals surface area contributed by atoms with Gasteiger partial charge in [-0.2, -0.15) is 0 Å². The van der Waals surface area contributed by atoms with Gasteiger partial charge < -0.3 is 9.47 Å². The van der Waals surface area contributed by atoms with E-state index in [9.17, 15) is 4.39 Å². The van der Waals surface area contributed by atoms with Gasteiger partial charge in [0, 0.05) is 5.56 Å². The Balaban J connectivity index is 2.33. The van der Waals surface area contributed by atoms with Gasteiger partial charge in [-0.05, 0) is 30.2 Å². The number of hydrogen-bond donors (Lipinski definition) is 2. The molecule has 0 saturated heterocycles. The summed E-state index contributed by atoms with van der Waals surface area (Å²) < 4.78 is 24.0. The van der Waals surface area contributed by atoms with Crippen LogP contribution in [0.2, 0.25) is 0 Å². The summed E-state index contributed by atoms with van der Waals surface area (Å²) in [4.78, 5) is 0. The Morgan fingerprint density at radius 2 is 1.90 bits per heavy atom. The summed E-state index contributed by atoms with van der Waals surface area (Å²) in [5.41, 5.74) is 4.47. The van der Waals surface area contributed by atoms with Crippen LogP contribution in [0.1, 0.15) is 17.2 Å². The first-order valence-corrected chi connectivity index (χ1v) is 6.61. The van der Waals surface area contributed by atoms with Crippen molar-refractivity contribution in [1.29, 1.82) is 0 Å². The Bertz CT molecular complexity index is 605. The van der Waals surface area contributed by atoms with Crippen LogP contribution in [0, 0.1) is 5.82 Å². The van der Waals surface area contributed by atoms with Gasteiger partial charge in [-0.15, -0.1) is 0 Å². The molecule has 0 amide bonds. The van der Waals surface area contributed by atoms with Crippen molar-refractivity contribution in [2.75, 3.05) is 14.2 Å². The molecule has 2 rings (SSSR count). The summed E-state index contributed by atoms with van der Waals surface area (Å²) in [7, 11) is 3.16. The molecular weight excluding hydrogens is 271 g/mol. The third-order valence-corrected chi connectivity index (χ3v) is 3.34. The van der Waals surface area contributed by atoms with Gasteiger partial charge in [-0.1, -0.05) is 24.3 Å². The maximum absolute atomic E-state index is 13.3. The highest BCUT2D eigenvalue weighted by Gasteiger charge is 2.18. The Morgan fingerprint density at radius 1 is 1.14 bits per heavy atom. The molecule has 0 aliphatic rings. The Labute approximate surface area is 123 Å². The van der Waals surface area contributed by atoms with E-state index in [0.717, 1.165) is 11.1 Å². The second-order valence-corrected chi connectivity index (χ2v) is 4.64. The zero-order valence-electron chi connectivity index (χ0n) is 12.1. The topological polar surface area (TPSA) is 56.5 Å². The summed E-state index contributed by atoms with van der Waals surface area (Å²) in [6.07, 6.45) is 0.539. The molecular formula is C16H19FN2O2. The lowest BCUT2D eigenvalue weighted by Crippen LogP contribution is -2.30. The monoisotopic (exact) mass is 290 g/mol. The van der Waals surface area contributed by atoms with Gasteiger partial charge in [0.1, 0.15) is 5.82 Å². The number of benzene rings is 2. The molecule has 4 nitrogen and oxygen atoms in total. The summed E-state index contributed by atoms with van der Waals surface area (Å²) in [5, 5.41) is 0. The van der Waals surface area contributed by atoms with Crippen LogP contribution < -0.4 is 20.7 Å². The third kappa shape index (κ3) is 3.51. The first kappa shape index (κ1) is 15.3. The molecule has 5 heteroatoms. The van der Waals surface area contributed by atoms with E-state index >= 15 is 0 Å². The number of methoxy groups -OCH3 is 2. The van der Waals surface area contributed by atoms with Crippen molar-refractivity contribution in [2.45, 2.75) is 12.5 Å².